The summed E-state index contributed by atoms with van der Waals surface area (Å²) in [5.74, 6) is -0.803. The van der Waals surface area contributed by atoms with Gasteiger partial charge in [-0.2, -0.15) is 0 Å². The highest BCUT2D eigenvalue weighted by Gasteiger charge is 2.27. The van der Waals surface area contributed by atoms with Crippen LogP contribution in [0.4, 0.5) is 5.69 Å². The number of carboxylic acids is 1. The Morgan fingerprint density at radius 1 is 1.22 bits per heavy atom. The second kappa shape index (κ2) is 5.61. The monoisotopic (exact) mass is 267 g/mol. The van der Waals surface area contributed by atoms with E-state index in [1.165, 1.54) is 0 Å². The minimum absolute atomic E-state index is 0.153. The van der Waals surface area contributed by atoms with Crippen molar-refractivity contribution in [3.63, 3.8) is 0 Å². The van der Waals surface area contributed by atoms with Gasteiger partial charge in [0.1, 0.15) is 0 Å². The largest absolute Gasteiger partial charge is 0.481 e. The van der Waals surface area contributed by atoms with Crippen LogP contribution in [0.25, 0.3) is 0 Å². The highest BCUT2D eigenvalue weighted by molar-refractivity contribution is 6.30. The second-order valence-electron chi connectivity index (χ2n) is 4.93. The number of nitrogens with zero attached hydrogens (tertiary/aromatic N) is 1. The first-order valence-electron chi connectivity index (χ1n) is 6.29. The zero-order chi connectivity index (χ0) is 13.1. The lowest BCUT2D eigenvalue weighted by Crippen LogP contribution is -2.36. The minimum Gasteiger partial charge on any atom is -0.481 e. The van der Waals surface area contributed by atoms with Gasteiger partial charge in [-0.1, -0.05) is 11.6 Å². The minimum atomic E-state index is -0.650. The third-order valence-electron chi connectivity index (χ3n) is 3.83. The molecule has 0 heterocycles. The van der Waals surface area contributed by atoms with E-state index in [1.807, 2.05) is 24.3 Å². The number of anilines is 1. The highest BCUT2D eigenvalue weighted by atomic mass is 35.5. The topological polar surface area (TPSA) is 40.5 Å². The molecule has 1 aliphatic rings. The maximum Gasteiger partial charge on any atom is 0.306 e. The number of hydrogen-bond donors (Lipinski definition) is 1. The van der Waals surface area contributed by atoms with Crippen LogP contribution in [0.15, 0.2) is 24.3 Å². The van der Waals surface area contributed by atoms with E-state index in [9.17, 15) is 4.79 Å². The Labute approximate surface area is 112 Å². The average molecular weight is 268 g/mol. The predicted octanol–water partition coefficient (Wildman–Crippen LogP) is 3.42. The summed E-state index contributed by atoms with van der Waals surface area (Å²) in [6.45, 7) is 0. The van der Waals surface area contributed by atoms with Crippen LogP contribution in [-0.2, 0) is 4.79 Å². The first-order valence-corrected chi connectivity index (χ1v) is 6.67. The zero-order valence-electron chi connectivity index (χ0n) is 10.5. The summed E-state index contributed by atoms with van der Waals surface area (Å²) in [6.07, 6.45) is 3.43. The van der Waals surface area contributed by atoms with Crippen LogP contribution in [0, 0.1) is 5.92 Å². The van der Waals surface area contributed by atoms with Crippen LogP contribution in [0.5, 0.6) is 0 Å². The molecule has 2 rings (SSSR count). The van der Waals surface area contributed by atoms with Crippen molar-refractivity contribution >= 4 is 23.3 Å². The van der Waals surface area contributed by atoms with E-state index in [1.54, 1.807) is 0 Å². The van der Waals surface area contributed by atoms with Crippen LogP contribution in [0.3, 0.4) is 0 Å². The molecule has 0 aliphatic heterocycles. The molecule has 0 amide bonds. The van der Waals surface area contributed by atoms with Crippen molar-refractivity contribution in [1.82, 2.24) is 0 Å². The lowest BCUT2D eigenvalue weighted by Gasteiger charge is -2.34. The van der Waals surface area contributed by atoms with Gasteiger partial charge in [-0.25, -0.2) is 0 Å². The number of carboxylic acid groups (broad SMARTS) is 1. The van der Waals surface area contributed by atoms with Gasteiger partial charge in [-0.15, -0.1) is 0 Å². The molecule has 0 aromatic heterocycles. The summed E-state index contributed by atoms with van der Waals surface area (Å²) in [5.41, 5.74) is 1.14. The van der Waals surface area contributed by atoms with Crippen LogP contribution in [0.2, 0.25) is 5.02 Å². The third kappa shape index (κ3) is 2.96. The molecule has 0 unspecified atom stereocenters. The molecule has 98 valence electrons. The van der Waals surface area contributed by atoms with E-state index in [0.717, 1.165) is 36.4 Å². The molecule has 3 nitrogen and oxygen atoms in total. The smallest absolute Gasteiger partial charge is 0.306 e. The SMILES string of the molecule is CN(c1ccc(Cl)cc1)C1CCC(C(=O)O)CC1. The lowest BCUT2D eigenvalue weighted by molar-refractivity contribution is -0.142. The Balaban J connectivity index is 1.97. The Morgan fingerprint density at radius 3 is 2.28 bits per heavy atom. The van der Waals surface area contributed by atoms with Crippen molar-refractivity contribution in [2.75, 3.05) is 11.9 Å². The van der Waals surface area contributed by atoms with Crippen molar-refractivity contribution in [2.45, 2.75) is 31.7 Å². The molecule has 0 bridgehead atoms. The fourth-order valence-corrected chi connectivity index (χ4v) is 2.72. The molecule has 1 saturated carbocycles. The average Bonchev–Trinajstić information content (AvgIpc) is 2.39. The highest BCUT2D eigenvalue weighted by Crippen LogP contribution is 2.30. The van der Waals surface area contributed by atoms with Crippen molar-refractivity contribution in [1.29, 1.82) is 0 Å². The zero-order valence-corrected chi connectivity index (χ0v) is 11.2. The fraction of sp³-hybridized carbons (Fsp3) is 0.500. The summed E-state index contributed by atoms with van der Waals surface area (Å²) >= 11 is 5.87. The predicted molar refractivity (Wildman–Crippen MR) is 73.2 cm³/mol. The van der Waals surface area contributed by atoms with E-state index in [4.69, 9.17) is 16.7 Å². The van der Waals surface area contributed by atoms with Gasteiger partial charge in [0.2, 0.25) is 0 Å². The molecule has 1 N–H and O–H groups in total. The number of benzene rings is 1. The Bertz CT molecular complexity index is 410. The fourth-order valence-electron chi connectivity index (χ4n) is 2.60. The molecule has 0 atom stereocenters. The van der Waals surface area contributed by atoms with E-state index in [0.29, 0.717) is 6.04 Å². The first kappa shape index (κ1) is 13.2. The van der Waals surface area contributed by atoms with Crippen LogP contribution in [-0.4, -0.2) is 24.2 Å². The molecule has 18 heavy (non-hydrogen) atoms. The maximum atomic E-state index is 10.9. The standard InChI is InChI=1S/C14H18ClNO2/c1-16(13-8-4-11(15)5-9-13)12-6-2-10(3-7-12)14(17)18/h4-5,8-10,12H,2-3,6-7H2,1H3,(H,17,18). The van der Waals surface area contributed by atoms with Crippen LogP contribution in [0.1, 0.15) is 25.7 Å². The van der Waals surface area contributed by atoms with E-state index in [-0.39, 0.29) is 5.92 Å². The normalized spacial score (nSPS) is 23.7. The van der Waals surface area contributed by atoms with Gasteiger partial charge in [-0.05, 0) is 49.9 Å². The van der Waals surface area contributed by atoms with E-state index in [2.05, 4.69) is 11.9 Å². The molecule has 1 aliphatic carbocycles. The van der Waals surface area contributed by atoms with Gasteiger partial charge >= 0.3 is 5.97 Å². The molecule has 4 heteroatoms. The molecule has 0 spiro atoms. The summed E-state index contributed by atoms with van der Waals surface area (Å²) in [5, 5.41) is 9.72. The molecule has 1 aromatic carbocycles. The van der Waals surface area contributed by atoms with Crippen LogP contribution < -0.4 is 4.90 Å². The van der Waals surface area contributed by atoms with Crippen molar-refractivity contribution in [2.24, 2.45) is 5.92 Å². The van der Waals surface area contributed by atoms with Gasteiger partial charge in [0.05, 0.1) is 5.92 Å². The summed E-state index contributed by atoms with van der Waals surface area (Å²) in [6, 6.07) is 8.21. The molecular weight excluding hydrogens is 250 g/mol. The summed E-state index contributed by atoms with van der Waals surface area (Å²) in [7, 11) is 2.06. The molecule has 0 radical (unpaired) electrons. The van der Waals surface area contributed by atoms with Gasteiger partial charge < -0.3 is 10.0 Å². The molecular formula is C14H18ClNO2. The summed E-state index contributed by atoms with van der Waals surface area (Å²) < 4.78 is 0. The van der Waals surface area contributed by atoms with Crippen LogP contribution >= 0.6 is 11.6 Å². The quantitative estimate of drug-likeness (QED) is 0.912. The van der Waals surface area contributed by atoms with Crippen molar-refractivity contribution in [3.8, 4) is 0 Å². The molecule has 1 aromatic rings. The van der Waals surface area contributed by atoms with Gasteiger partial charge in [-0.3, -0.25) is 4.79 Å². The second-order valence-corrected chi connectivity index (χ2v) is 5.37. The molecule has 1 fully saturated rings. The number of halogens is 1. The van der Waals surface area contributed by atoms with E-state index < -0.39 is 5.97 Å². The summed E-state index contributed by atoms with van der Waals surface area (Å²) in [4.78, 5) is 13.1. The number of carbonyl (C=O) groups is 1. The third-order valence-corrected chi connectivity index (χ3v) is 4.08. The number of aliphatic carboxylic acids is 1. The van der Waals surface area contributed by atoms with E-state index >= 15 is 0 Å². The Morgan fingerprint density at radius 2 is 1.78 bits per heavy atom. The van der Waals surface area contributed by atoms with Gasteiger partial charge in [0.25, 0.3) is 0 Å². The number of hydrogen-bond acceptors (Lipinski definition) is 2. The number of rotatable bonds is 3. The Kier molecular flexibility index (Phi) is 4.12. The lowest BCUT2D eigenvalue weighted by atomic mass is 9.85. The Hall–Kier alpha value is -1.22. The van der Waals surface area contributed by atoms with Crippen molar-refractivity contribution < 1.29 is 9.90 Å². The molecule has 0 saturated heterocycles. The maximum absolute atomic E-state index is 10.9. The van der Waals surface area contributed by atoms with Gasteiger partial charge in [0.15, 0.2) is 0 Å². The van der Waals surface area contributed by atoms with Gasteiger partial charge in [0, 0.05) is 23.8 Å². The first-order chi connectivity index (χ1) is 8.58. The van der Waals surface area contributed by atoms with Crippen molar-refractivity contribution in [3.05, 3.63) is 29.3 Å².